The maximum absolute atomic E-state index is 13.8. The largest absolute Gasteiger partial charge is 0.419 e. The lowest BCUT2D eigenvalue weighted by molar-refractivity contribution is -0.138. The van der Waals surface area contributed by atoms with Crippen LogP contribution in [0.25, 0.3) is 5.69 Å². The Balaban J connectivity index is 1.58. The summed E-state index contributed by atoms with van der Waals surface area (Å²) in [6.07, 6.45) is 1.92. The third-order valence-electron chi connectivity index (χ3n) is 6.30. The van der Waals surface area contributed by atoms with E-state index in [-0.39, 0.29) is 23.8 Å². The summed E-state index contributed by atoms with van der Waals surface area (Å²) >= 11 is 0. The fraction of sp³-hybridized carbons (Fsp3) is 0.435. The summed E-state index contributed by atoms with van der Waals surface area (Å²) in [5, 5.41) is 11.4. The highest BCUT2D eigenvalue weighted by atomic mass is 19.4. The van der Waals surface area contributed by atoms with Crippen LogP contribution in [0.15, 0.2) is 36.9 Å². The molecule has 8 nitrogen and oxygen atoms in total. The first kappa shape index (κ1) is 23.7. The van der Waals surface area contributed by atoms with Gasteiger partial charge in [0.2, 0.25) is 5.95 Å². The zero-order valence-corrected chi connectivity index (χ0v) is 19.2. The molecule has 11 heteroatoms. The molecule has 0 aliphatic carbocycles. The molecule has 0 saturated carbocycles. The number of piperidine rings is 1. The molecule has 4 rings (SSSR count). The maximum Gasteiger partial charge on any atom is 0.419 e. The van der Waals surface area contributed by atoms with Crippen LogP contribution < -0.4 is 5.32 Å². The number of nitrogens with zero attached hydrogens (tertiary/aromatic N) is 6. The maximum atomic E-state index is 13.8. The highest BCUT2D eigenvalue weighted by molar-refractivity contribution is 5.98. The molecule has 3 aromatic rings. The zero-order valence-electron chi connectivity index (χ0n) is 19.2. The van der Waals surface area contributed by atoms with Gasteiger partial charge in [-0.25, -0.2) is 9.97 Å². The number of aromatic nitrogens is 5. The molecule has 1 amide bonds. The Morgan fingerprint density at radius 1 is 1.12 bits per heavy atom. The molecule has 0 spiro atoms. The molecule has 1 aliphatic rings. The van der Waals surface area contributed by atoms with E-state index in [1.54, 1.807) is 12.4 Å². The van der Waals surface area contributed by atoms with E-state index < -0.39 is 11.7 Å². The van der Waals surface area contributed by atoms with Crippen LogP contribution in [0.3, 0.4) is 0 Å². The first-order valence-corrected chi connectivity index (χ1v) is 11.1. The second kappa shape index (κ2) is 9.40. The van der Waals surface area contributed by atoms with Crippen molar-refractivity contribution in [1.82, 2.24) is 29.9 Å². The Hall–Kier alpha value is -3.50. The average molecular weight is 474 g/mol. The normalized spacial score (nSPS) is 18.7. The van der Waals surface area contributed by atoms with Gasteiger partial charge in [-0.05, 0) is 55.9 Å². The number of nitrogens with one attached hydrogen (secondary N) is 1. The Labute approximate surface area is 195 Å². The monoisotopic (exact) mass is 473 g/mol. The zero-order chi connectivity index (χ0) is 24.5. The van der Waals surface area contributed by atoms with Crippen molar-refractivity contribution in [2.45, 2.75) is 45.8 Å². The molecule has 2 atom stereocenters. The summed E-state index contributed by atoms with van der Waals surface area (Å²) in [6.45, 7) is 6.87. The molecule has 1 N–H and O–H groups in total. The van der Waals surface area contributed by atoms with Crippen LogP contribution >= 0.6 is 0 Å². The van der Waals surface area contributed by atoms with Gasteiger partial charge >= 0.3 is 6.18 Å². The number of halogens is 3. The van der Waals surface area contributed by atoms with Gasteiger partial charge in [-0.15, -0.1) is 0 Å². The van der Waals surface area contributed by atoms with E-state index in [9.17, 15) is 18.0 Å². The topological polar surface area (TPSA) is 88.8 Å². The number of rotatable bonds is 5. The third kappa shape index (κ3) is 4.87. The summed E-state index contributed by atoms with van der Waals surface area (Å²) in [4.78, 5) is 24.6. The minimum Gasteiger partial charge on any atom is -0.352 e. The number of amides is 1. The molecule has 34 heavy (non-hydrogen) atoms. The van der Waals surface area contributed by atoms with E-state index in [0.717, 1.165) is 36.4 Å². The van der Waals surface area contributed by atoms with Crippen LogP contribution in [-0.4, -0.2) is 54.9 Å². The second-order valence-corrected chi connectivity index (χ2v) is 8.63. The molecular weight excluding hydrogens is 447 g/mol. The highest BCUT2D eigenvalue weighted by Crippen LogP contribution is 2.29. The van der Waals surface area contributed by atoms with Crippen LogP contribution in [0.1, 0.15) is 46.8 Å². The number of likely N-dealkylation sites (tertiary alicyclic amines) is 1. The number of alkyl halides is 3. The molecule has 0 unspecified atom stereocenters. The van der Waals surface area contributed by atoms with Crippen molar-refractivity contribution >= 4 is 11.9 Å². The highest BCUT2D eigenvalue weighted by Gasteiger charge is 2.34. The van der Waals surface area contributed by atoms with Crippen LogP contribution in [0.5, 0.6) is 0 Å². The molecule has 0 radical (unpaired) electrons. The average Bonchev–Trinajstić information content (AvgIpc) is 3.34. The first-order valence-electron chi connectivity index (χ1n) is 11.1. The molecular formula is C23H26F3N7O. The summed E-state index contributed by atoms with van der Waals surface area (Å²) < 4.78 is 38.3. The lowest BCUT2D eigenvalue weighted by Crippen LogP contribution is -2.51. The summed E-state index contributed by atoms with van der Waals surface area (Å²) in [6, 6.07) is 3.57. The van der Waals surface area contributed by atoms with Crippen molar-refractivity contribution < 1.29 is 18.0 Å². The fourth-order valence-corrected chi connectivity index (χ4v) is 4.21. The van der Waals surface area contributed by atoms with Crippen molar-refractivity contribution in [3.8, 4) is 5.69 Å². The quantitative estimate of drug-likeness (QED) is 0.602. The molecule has 3 heterocycles. The van der Waals surface area contributed by atoms with E-state index in [1.807, 2.05) is 30.9 Å². The Kier molecular flexibility index (Phi) is 6.54. The molecule has 180 valence electrons. The van der Waals surface area contributed by atoms with E-state index in [0.29, 0.717) is 24.3 Å². The predicted molar refractivity (Wildman–Crippen MR) is 120 cm³/mol. The summed E-state index contributed by atoms with van der Waals surface area (Å²) in [5.74, 6) is 0.130. The van der Waals surface area contributed by atoms with Crippen molar-refractivity contribution in [1.29, 1.82) is 0 Å². The van der Waals surface area contributed by atoms with Gasteiger partial charge in [-0.2, -0.15) is 28.2 Å². The number of hydrogen-bond donors (Lipinski definition) is 1. The number of hydrogen-bond acceptors (Lipinski definition) is 6. The van der Waals surface area contributed by atoms with Gasteiger partial charge in [0.05, 0.1) is 35.2 Å². The fourth-order valence-electron chi connectivity index (χ4n) is 4.21. The van der Waals surface area contributed by atoms with E-state index in [1.165, 1.54) is 4.80 Å². The van der Waals surface area contributed by atoms with E-state index in [2.05, 4.69) is 32.4 Å². The number of carbonyl (C=O) groups excluding carboxylic acids is 1. The number of benzene rings is 1. The molecule has 1 saturated heterocycles. The van der Waals surface area contributed by atoms with Crippen molar-refractivity contribution in [2.75, 3.05) is 18.4 Å². The Morgan fingerprint density at radius 3 is 2.41 bits per heavy atom. The number of anilines is 1. The standard InChI is InChI=1S/C23H26F3N7O/c1-14-5-4-8-32(20(14)13-29-22-27-11-17(12-28-22)23(24,25)26)21(34)18-9-15(2)16(3)10-19(18)33-30-6-7-31-33/h6-7,9-12,14,20H,4-5,8,13H2,1-3H3,(H,27,28,29)/t14-,20-/m1/s1. The summed E-state index contributed by atoms with van der Waals surface area (Å²) in [7, 11) is 0. The van der Waals surface area contributed by atoms with Crippen LogP contribution in [-0.2, 0) is 6.18 Å². The minimum absolute atomic E-state index is 0.0887. The van der Waals surface area contributed by atoms with Gasteiger partial charge < -0.3 is 10.2 Å². The summed E-state index contributed by atoms with van der Waals surface area (Å²) in [5.41, 5.74) is 2.21. The van der Waals surface area contributed by atoms with Gasteiger partial charge in [0.15, 0.2) is 0 Å². The van der Waals surface area contributed by atoms with E-state index in [4.69, 9.17) is 0 Å². The van der Waals surface area contributed by atoms with Gasteiger partial charge in [0.1, 0.15) is 0 Å². The lowest BCUT2D eigenvalue weighted by Gasteiger charge is -2.40. The minimum atomic E-state index is -4.49. The van der Waals surface area contributed by atoms with Gasteiger partial charge in [0, 0.05) is 25.5 Å². The van der Waals surface area contributed by atoms with Gasteiger partial charge in [-0.3, -0.25) is 4.79 Å². The molecule has 2 aromatic heterocycles. The molecule has 1 fully saturated rings. The third-order valence-corrected chi connectivity index (χ3v) is 6.30. The van der Waals surface area contributed by atoms with Crippen molar-refractivity contribution in [2.24, 2.45) is 5.92 Å². The van der Waals surface area contributed by atoms with Gasteiger partial charge in [-0.1, -0.05) is 6.92 Å². The van der Waals surface area contributed by atoms with Crippen molar-refractivity contribution in [3.05, 3.63) is 59.2 Å². The second-order valence-electron chi connectivity index (χ2n) is 8.63. The van der Waals surface area contributed by atoms with Crippen molar-refractivity contribution in [3.63, 3.8) is 0 Å². The Morgan fingerprint density at radius 2 is 1.76 bits per heavy atom. The Bertz CT molecular complexity index is 1150. The number of aryl methyl sites for hydroxylation is 2. The SMILES string of the molecule is Cc1cc(C(=O)N2CCC[C@@H](C)[C@H]2CNc2ncc(C(F)(F)F)cn2)c(-n2nccn2)cc1C. The molecule has 1 aromatic carbocycles. The van der Waals surface area contributed by atoms with E-state index >= 15 is 0 Å². The number of carbonyl (C=O) groups is 1. The smallest absolute Gasteiger partial charge is 0.352 e. The van der Waals surface area contributed by atoms with Crippen LogP contribution in [0.2, 0.25) is 0 Å². The molecule has 0 bridgehead atoms. The predicted octanol–water partition coefficient (Wildman–Crippen LogP) is 4.05. The first-order chi connectivity index (χ1) is 16.1. The van der Waals surface area contributed by atoms with Crippen LogP contribution in [0.4, 0.5) is 19.1 Å². The lowest BCUT2D eigenvalue weighted by atomic mass is 9.89. The van der Waals surface area contributed by atoms with Crippen LogP contribution in [0, 0.1) is 19.8 Å². The van der Waals surface area contributed by atoms with Gasteiger partial charge in [0.25, 0.3) is 5.91 Å². The molecule has 1 aliphatic heterocycles.